The van der Waals surface area contributed by atoms with Crippen LogP contribution in [0.4, 0.5) is 0 Å². The zero-order valence-corrected chi connectivity index (χ0v) is 13.9. The standard InChI is InChI=1S/C14H22N2O3S2/c1-19-12-7-9-16(10-12)21(17,18)14-5-4-13(20-14)6-8-15-11-2-3-11/h4-5,11-12,15H,2-3,6-10H2,1H3. The predicted molar refractivity (Wildman–Crippen MR) is 83.2 cm³/mol. The first-order valence-electron chi connectivity index (χ1n) is 7.44. The van der Waals surface area contributed by atoms with Crippen LogP contribution in [0.3, 0.4) is 0 Å². The maximum atomic E-state index is 12.6. The van der Waals surface area contributed by atoms with Gasteiger partial charge in [0.25, 0.3) is 10.0 Å². The Bertz CT molecular complexity index is 581. The second kappa shape index (κ2) is 6.34. The Morgan fingerprint density at radius 1 is 1.38 bits per heavy atom. The van der Waals surface area contributed by atoms with E-state index in [1.165, 1.54) is 24.2 Å². The SMILES string of the molecule is COC1CCN(S(=O)(=O)c2ccc(CCNC3CC3)s2)C1. The molecule has 21 heavy (non-hydrogen) atoms. The summed E-state index contributed by atoms with van der Waals surface area (Å²) in [4.78, 5) is 1.13. The maximum absolute atomic E-state index is 12.6. The molecule has 2 heterocycles. The molecular formula is C14H22N2O3S2. The second-order valence-corrected chi connectivity index (χ2v) is 9.04. The maximum Gasteiger partial charge on any atom is 0.252 e. The molecule has 2 aliphatic rings. The third kappa shape index (κ3) is 3.65. The van der Waals surface area contributed by atoms with E-state index in [2.05, 4.69) is 5.32 Å². The number of nitrogens with one attached hydrogen (secondary N) is 1. The zero-order valence-electron chi connectivity index (χ0n) is 12.2. The summed E-state index contributed by atoms with van der Waals surface area (Å²) in [6.45, 7) is 1.95. The molecule has 5 nitrogen and oxygen atoms in total. The largest absolute Gasteiger partial charge is 0.380 e. The van der Waals surface area contributed by atoms with Crippen LogP contribution in [0.2, 0.25) is 0 Å². The Morgan fingerprint density at radius 2 is 2.19 bits per heavy atom. The molecule has 2 fully saturated rings. The van der Waals surface area contributed by atoms with Gasteiger partial charge in [-0.25, -0.2) is 8.42 Å². The monoisotopic (exact) mass is 330 g/mol. The Hall–Kier alpha value is -0.470. The van der Waals surface area contributed by atoms with Gasteiger partial charge in [0.1, 0.15) is 4.21 Å². The lowest BCUT2D eigenvalue weighted by Gasteiger charge is -2.14. The van der Waals surface area contributed by atoms with Crippen molar-refractivity contribution in [3.05, 3.63) is 17.0 Å². The molecule has 1 unspecified atom stereocenters. The van der Waals surface area contributed by atoms with Gasteiger partial charge in [-0.05, 0) is 37.8 Å². The lowest BCUT2D eigenvalue weighted by molar-refractivity contribution is 0.115. The Morgan fingerprint density at radius 3 is 2.86 bits per heavy atom. The lowest BCUT2D eigenvalue weighted by Crippen LogP contribution is -2.29. The van der Waals surface area contributed by atoms with Gasteiger partial charge in [0.15, 0.2) is 0 Å². The van der Waals surface area contributed by atoms with Crippen molar-refractivity contribution < 1.29 is 13.2 Å². The van der Waals surface area contributed by atoms with Gasteiger partial charge in [0.05, 0.1) is 6.10 Å². The minimum atomic E-state index is -3.34. The fourth-order valence-electron chi connectivity index (χ4n) is 2.55. The van der Waals surface area contributed by atoms with E-state index in [0.29, 0.717) is 23.3 Å². The minimum absolute atomic E-state index is 0.0296. The number of hydrogen-bond donors (Lipinski definition) is 1. The van der Waals surface area contributed by atoms with Gasteiger partial charge < -0.3 is 10.1 Å². The number of sulfonamides is 1. The molecule has 1 aromatic heterocycles. The fourth-order valence-corrected chi connectivity index (χ4v) is 5.55. The van der Waals surface area contributed by atoms with Crippen molar-refractivity contribution in [2.75, 3.05) is 26.7 Å². The molecule has 1 aromatic rings. The molecule has 0 amide bonds. The van der Waals surface area contributed by atoms with E-state index in [4.69, 9.17) is 4.74 Å². The number of ether oxygens (including phenoxy) is 1. The van der Waals surface area contributed by atoms with Crippen molar-refractivity contribution in [3.63, 3.8) is 0 Å². The first kappa shape index (κ1) is 15.4. The van der Waals surface area contributed by atoms with Crippen molar-refractivity contribution in [1.82, 2.24) is 9.62 Å². The van der Waals surface area contributed by atoms with Crippen molar-refractivity contribution in [1.29, 1.82) is 0 Å². The summed E-state index contributed by atoms with van der Waals surface area (Å²) in [7, 11) is -1.70. The van der Waals surface area contributed by atoms with Crippen molar-refractivity contribution in [3.8, 4) is 0 Å². The number of nitrogens with zero attached hydrogens (tertiary/aromatic N) is 1. The van der Waals surface area contributed by atoms with E-state index in [0.717, 1.165) is 24.3 Å². The molecule has 1 saturated carbocycles. The van der Waals surface area contributed by atoms with Gasteiger partial charge in [-0.2, -0.15) is 4.31 Å². The average Bonchev–Trinajstić information content (AvgIpc) is 2.97. The zero-order chi connectivity index (χ0) is 14.9. The highest BCUT2D eigenvalue weighted by Crippen LogP contribution is 2.28. The van der Waals surface area contributed by atoms with Gasteiger partial charge >= 0.3 is 0 Å². The summed E-state index contributed by atoms with van der Waals surface area (Å²) in [6, 6.07) is 4.38. The molecule has 0 aromatic carbocycles. The summed E-state index contributed by atoms with van der Waals surface area (Å²) in [5.74, 6) is 0. The topological polar surface area (TPSA) is 58.6 Å². The van der Waals surface area contributed by atoms with Gasteiger partial charge in [-0.1, -0.05) is 0 Å². The third-order valence-corrected chi connectivity index (χ3v) is 7.53. The van der Waals surface area contributed by atoms with Crippen LogP contribution in [0.1, 0.15) is 24.1 Å². The summed E-state index contributed by atoms with van der Waals surface area (Å²) < 4.78 is 32.4. The number of hydrogen-bond acceptors (Lipinski definition) is 5. The van der Waals surface area contributed by atoms with E-state index in [9.17, 15) is 8.42 Å². The number of rotatable bonds is 7. The molecule has 1 atom stereocenters. The van der Waals surface area contributed by atoms with Crippen LogP contribution in [0.25, 0.3) is 0 Å². The second-order valence-electron chi connectivity index (χ2n) is 5.71. The summed E-state index contributed by atoms with van der Waals surface area (Å²) >= 11 is 1.40. The highest BCUT2D eigenvalue weighted by Gasteiger charge is 2.33. The predicted octanol–water partition coefficient (Wildman–Crippen LogP) is 1.45. The molecule has 0 bridgehead atoms. The average molecular weight is 330 g/mol. The summed E-state index contributed by atoms with van der Waals surface area (Å²) in [6.07, 6.45) is 4.26. The highest BCUT2D eigenvalue weighted by atomic mass is 32.2. The molecule has 118 valence electrons. The minimum Gasteiger partial charge on any atom is -0.380 e. The van der Waals surface area contributed by atoms with Crippen LogP contribution in [-0.2, 0) is 21.2 Å². The van der Waals surface area contributed by atoms with Crippen molar-refractivity contribution in [2.24, 2.45) is 0 Å². The van der Waals surface area contributed by atoms with E-state index in [1.807, 2.05) is 6.07 Å². The van der Waals surface area contributed by atoms with Crippen LogP contribution in [-0.4, -0.2) is 51.6 Å². The van der Waals surface area contributed by atoms with Crippen molar-refractivity contribution in [2.45, 2.75) is 42.0 Å². The first-order chi connectivity index (χ1) is 10.1. The normalized spacial score (nSPS) is 23.8. The highest BCUT2D eigenvalue weighted by molar-refractivity contribution is 7.91. The number of thiophene rings is 1. The van der Waals surface area contributed by atoms with E-state index >= 15 is 0 Å². The van der Waals surface area contributed by atoms with Crippen LogP contribution >= 0.6 is 11.3 Å². The first-order valence-corrected chi connectivity index (χ1v) is 9.70. The lowest BCUT2D eigenvalue weighted by atomic mass is 10.3. The van der Waals surface area contributed by atoms with Crippen molar-refractivity contribution >= 4 is 21.4 Å². The Labute approximate surface area is 130 Å². The van der Waals surface area contributed by atoms with Gasteiger partial charge in [-0.15, -0.1) is 11.3 Å². The third-order valence-electron chi connectivity index (χ3n) is 4.05. The van der Waals surface area contributed by atoms with Gasteiger partial charge in [0, 0.05) is 37.7 Å². The van der Waals surface area contributed by atoms with Crippen LogP contribution in [0.5, 0.6) is 0 Å². The Kier molecular flexibility index (Phi) is 4.66. The Balaban J connectivity index is 1.61. The molecule has 0 radical (unpaired) electrons. The number of methoxy groups -OCH3 is 1. The van der Waals surface area contributed by atoms with Gasteiger partial charge in [-0.3, -0.25) is 0 Å². The molecule has 1 saturated heterocycles. The molecular weight excluding hydrogens is 308 g/mol. The van der Waals surface area contributed by atoms with E-state index < -0.39 is 10.0 Å². The summed E-state index contributed by atoms with van der Waals surface area (Å²) in [5, 5.41) is 3.45. The van der Waals surface area contributed by atoms with E-state index in [1.54, 1.807) is 17.5 Å². The van der Waals surface area contributed by atoms with Crippen LogP contribution < -0.4 is 5.32 Å². The van der Waals surface area contributed by atoms with Crippen LogP contribution in [0.15, 0.2) is 16.3 Å². The fraction of sp³-hybridized carbons (Fsp3) is 0.714. The summed E-state index contributed by atoms with van der Waals surface area (Å²) in [5.41, 5.74) is 0. The molecule has 1 aliphatic heterocycles. The smallest absolute Gasteiger partial charge is 0.252 e. The van der Waals surface area contributed by atoms with E-state index in [-0.39, 0.29) is 6.10 Å². The molecule has 1 N–H and O–H groups in total. The van der Waals surface area contributed by atoms with Crippen LogP contribution in [0, 0.1) is 0 Å². The molecule has 1 aliphatic carbocycles. The molecule has 0 spiro atoms. The molecule has 7 heteroatoms. The van der Waals surface area contributed by atoms with Gasteiger partial charge in [0.2, 0.25) is 0 Å². The molecule has 3 rings (SSSR count). The quantitative estimate of drug-likeness (QED) is 0.822.